The van der Waals surface area contributed by atoms with Gasteiger partial charge in [-0.3, -0.25) is 10.1 Å². The summed E-state index contributed by atoms with van der Waals surface area (Å²) >= 11 is 2.21. The second-order valence-corrected chi connectivity index (χ2v) is 4.72. The molecule has 0 spiro atoms. The van der Waals surface area contributed by atoms with Crippen molar-refractivity contribution in [2.24, 2.45) is 0 Å². The average molecular weight is 340 g/mol. The monoisotopic (exact) mass is 340 g/mol. The van der Waals surface area contributed by atoms with Crippen LogP contribution in [0.4, 0.5) is 0 Å². The standard InChI is InChI=1S/C12H9IN2O2/c1-8(15(16)17)12-11(6-7-14-12)9-2-4-10(13)5-3-9/h2-7,14H,1H2. The highest BCUT2D eigenvalue weighted by atomic mass is 127. The van der Waals surface area contributed by atoms with Crippen LogP contribution in [-0.2, 0) is 0 Å². The van der Waals surface area contributed by atoms with Crippen LogP contribution in [0.15, 0.2) is 43.1 Å². The zero-order valence-corrected chi connectivity index (χ0v) is 11.0. The molecule has 1 heterocycles. The van der Waals surface area contributed by atoms with E-state index in [1.807, 2.05) is 30.3 Å². The number of halogens is 1. The van der Waals surface area contributed by atoms with Gasteiger partial charge in [0, 0.05) is 15.3 Å². The van der Waals surface area contributed by atoms with Crippen LogP contribution in [0.5, 0.6) is 0 Å². The van der Waals surface area contributed by atoms with Crippen LogP contribution in [0.3, 0.4) is 0 Å². The van der Waals surface area contributed by atoms with Crippen LogP contribution < -0.4 is 0 Å². The predicted molar refractivity (Wildman–Crippen MR) is 75.0 cm³/mol. The Balaban J connectivity index is 2.47. The number of H-pyrrole nitrogens is 1. The Morgan fingerprint density at radius 2 is 1.94 bits per heavy atom. The number of hydrogen-bond acceptors (Lipinski definition) is 2. The molecule has 1 aromatic carbocycles. The number of nitro groups is 1. The summed E-state index contributed by atoms with van der Waals surface area (Å²) in [6.45, 7) is 3.47. The molecule has 5 heteroatoms. The maximum absolute atomic E-state index is 10.7. The van der Waals surface area contributed by atoms with Gasteiger partial charge in [0.1, 0.15) is 5.69 Å². The average Bonchev–Trinajstić information content (AvgIpc) is 2.77. The first-order valence-electron chi connectivity index (χ1n) is 4.86. The summed E-state index contributed by atoms with van der Waals surface area (Å²) in [4.78, 5) is 13.1. The summed E-state index contributed by atoms with van der Waals surface area (Å²) in [5, 5.41) is 10.7. The van der Waals surface area contributed by atoms with Gasteiger partial charge in [0.15, 0.2) is 0 Å². The fourth-order valence-electron chi connectivity index (χ4n) is 1.57. The number of hydrogen-bond donors (Lipinski definition) is 1. The van der Waals surface area contributed by atoms with E-state index >= 15 is 0 Å². The Kier molecular flexibility index (Phi) is 3.28. The largest absolute Gasteiger partial charge is 0.356 e. The van der Waals surface area contributed by atoms with E-state index in [-0.39, 0.29) is 5.70 Å². The van der Waals surface area contributed by atoms with Crippen molar-refractivity contribution >= 4 is 28.3 Å². The number of aromatic nitrogens is 1. The Hall–Kier alpha value is -1.63. The van der Waals surface area contributed by atoms with Gasteiger partial charge >= 0.3 is 0 Å². The molecule has 0 atom stereocenters. The fraction of sp³-hybridized carbons (Fsp3) is 0. The molecular formula is C12H9IN2O2. The number of aromatic amines is 1. The molecule has 0 amide bonds. The third kappa shape index (κ3) is 2.38. The van der Waals surface area contributed by atoms with Gasteiger partial charge in [-0.2, -0.15) is 0 Å². The maximum atomic E-state index is 10.7. The maximum Gasteiger partial charge on any atom is 0.286 e. The molecule has 1 N–H and O–H groups in total. The van der Waals surface area contributed by atoms with Crippen molar-refractivity contribution in [1.29, 1.82) is 0 Å². The van der Waals surface area contributed by atoms with E-state index in [0.717, 1.165) is 14.7 Å². The van der Waals surface area contributed by atoms with E-state index < -0.39 is 4.92 Å². The van der Waals surface area contributed by atoms with Crippen molar-refractivity contribution in [3.8, 4) is 11.1 Å². The van der Waals surface area contributed by atoms with Gasteiger partial charge in [-0.05, 0) is 52.9 Å². The summed E-state index contributed by atoms with van der Waals surface area (Å²) in [5.74, 6) is 0. The molecule has 0 aliphatic rings. The van der Waals surface area contributed by atoms with E-state index in [4.69, 9.17) is 0 Å². The quantitative estimate of drug-likeness (QED) is 0.528. The molecule has 2 rings (SSSR count). The van der Waals surface area contributed by atoms with Crippen molar-refractivity contribution in [1.82, 2.24) is 4.98 Å². The smallest absolute Gasteiger partial charge is 0.286 e. The summed E-state index contributed by atoms with van der Waals surface area (Å²) in [6.07, 6.45) is 1.68. The molecule has 0 bridgehead atoms. The van der Waals surface area contributed by atoms with Crippen molar-refractivity contribution in [3.05, 3.63) is 62.5 Å². The van der Waals surface area contributed by atoms with Gasteiger partial charge < -0.3 is 4.98 Å². The zero-order valence-electron chi connectivity index (χ0n) is 8.81. The van der Waals surface area contributed by atoms with Gasteiger partial charge in [-0.15, -0.1) is 0 Å². The van der Waals surface area contributed by atoms with Gasteiger partial charge in [-0.25, -0.2) is 0 Å². The van der Waals surface area contributed by atoms with Crippen LogP contribution in [0.1, 0.15) is 5.69 Å². The van der Waals surface area contributed by atoms with Gasteiger partial charge in [0.2, 0.25) is 0 Å². The third-order valence-corrected chi connectivity index (χ3v) is 3.13. The second kappa shape index (κ2) is 4.70. The summed E-state index contributed by atoms with van der Waals surface area (Å²) in [7, 11) is 0. The van der Waals surface area contributed by atoms with Gasteiger partial charge in [0.05, 0.1) is 4.92 Å². The number of nitrogens with one attached hydrogen (secondary N) is 1. The SMILES string of the molecule is C=C(c1[nH]ccc1-c1ccc(I)cc1)[N+](=O)[O-]. The van der Waals surface area contributed by atoms with Gasteiger partial charge in [-0.1, -0.05) is 12.1 Å². The minimum absolute atomic E-state index is 0.122. The zero-order chi connectivity index (χ0) is 12.4. The fourth-order valence-corrected chi connectivity index (χ4v) is 1.93. The molecule has 17 heavy (non-hydrogen) atoms. The molecule has 0 saturated carbocycles. The molecule has 0 unspecified atom stereocenters. The molecule has 0 aliphatic heterocycles. The Labute approximate surface area is 112 Å². The van der Waals surface area contributed by atoms with E-state index in [0.29, 0.717) is 5.69 Å². The highest BCUT2D eigenvalue weighted by molar-refractivity contribution is 14.1. The van der Waals surface area contributed by atoms with Crippen LogP contribution in [0.2, 0.25) is 0 Å². The van der Waals surface area contributed by atoms with E-state index in [1.54, 1.807) is 6.20 Å². The van der Waals surface area contributed by atoms with E-state index in [2.05, 4.69) is 34.2 Å². The molecule has 0 saturated heterocycles. The first-order chi connectivity index (χ1) is 8.09. The highest BCUT2D eigenvalue weighted by Gasteiger charge is 2.17. The minimum Gasteiger partial charge on any atom is -0.356 e. The number of rotatable bonds is 3. The second-order valence-electron chi connectivity index (χ2n) is 3.48. The van der Waals surface area contributed by atoms with E-state index in [1.165, 1.54) is 0 Å². The summed E-state index contributed by atoms with van der Waals surface area (Å²) in [6, 6.07) is 9.60. The van der Waals surface area contributed by atoms with Crippen LogP contribution >= 0.6 is 22.6 Å². The van der Waals surface area contributed by atoms with Crippen LogP contribution in [-0.4, -0.2) is 9.91 Å². The molecule has 0 aliphatic carbocycles. The van der Waals surface area contributed by atoms with Crippen molar-refractivity contribution in [2.45, 2.75) is 0 Å². The lowest BCUT2D eigenvalue weighted by Crippen LogP contribution is -1.97. The van der Waals surface area contributed by atoms with Crippen LogP contribution in [0.25, 0.3) is 16.8 Å². The first-order valence-corrected chi connectivity index (χ1v) is 5.94. The highest BCUT2D eigenvalue weighted by Crippen LogP contribution is 2.27. The predicted octanol–water partition coefficient (Wildman–Crippen LogP) is 3.53. The number of nitrogens with zero attached hydrogens (tertiary/aromatic N) is 1. The Bertz CT molecular complexity index is 572. The van der Waals surface area contributed by atoms with Crippen molar-refractivity contribution in [2.75, 3.05) is 0 Å². The molecule has 0 radical (unpaired) electrons. The molecule has 0 fully saturated rings. The topological polar surface area (TPSA) is 58.9 Å². The van der Waals surface area contributed by atoms with Crippen molar-refractivity contribution in [3.63, 3.8) is 0 Å². The number of benzene rings is 1. The molecular weight excluding hydrogens is 331 g/mol. The molecule has 2 aromatic rings. The molecule has 86 valence electrons. The Morgan fingerprint density at radius 1 is 1.29 bits per heavy atom. The van der Waals surface area contributed by atoms with Gasteiger partial charge in [0.25, 0.3) is 5.70 Å². The lowest BCUT2D eigenvalue weighted by atomic mass is 10.1. The first kappa shape index (κ1) is 11.8. The lowest BCUT2D eigenvalue weighted by molar-refractivity contribution is -0.375. The lowest BCUT2D eigenvalue weighted by Gasteiger charge is -2.02. The van der Waals surface area contributed by atoms with Crippen LogP contribution in [0, 0.1) is 13.7 Å². The molecule has 1 aromatic heterocycles. The molecule has 4 nitrogen and oxygen atoms in total. The summed E-state index contributed by atoms with van der Waals surface area (Å²) in [5.41, 5.74) is 2.06. The normalized spacial score (nSPS) is 10.2. The van der Waals surface area contributed by atoms with Crippen molar-refractivity contribution < 1.29 is 4.92 Å². The minimum atomic E-state index is -0.484. The summed E-state index contributed by atoms with van der Waals surface area (Å²) < 4.78 is 1.12. The Morgan fingerprint density at radius 3 is 2.53 bits per heavy atom. The third-order valence-electron chi connectivity index (χ3n) is 2.41. The van der Waals surface area contributed by atoms with E-state index in [9.17, 15) is 10.1 Å².